The number of hydrogen-bond acceptors (Lipinski definition) is 5. The quantitative estimate of drug-likeness (QED) is 0.458. The maximum absolute atomic E-state index is 13.9. The van der Waals surface area contributed by atoms with Crippen LogP contribution in [0.1, 0.15) is 55.5 Å². The summed E-state index contributed by atoms with van der Waals surface area (Å²) in [6.07, 6.45) is 7.07. The van der Waals surface area contributed by atoms with Crippen LogP contribution >= 0.6 is 0 Å². The maximum atomic E-state index is 13.9. The Bertz CT molecular complexity index is 1060. The van der Waals surface area contributed by atoms with Crippen LogP contribution in [0, 0.1) is 41.7 Å². The minimum absolute atomic E-state index is 0.00282. The van der Waals surface area contributed by atoms with Crippen molar-refractivity contribution in [2.75, 3.05) is 7.11 Å². The first-order valence-corrected chi connectivity index (χ1v) is 11.9. The summed E-state index contributed by atoms with van der Waals surface area (Å²) in [6, 6.07) is 7.91. The SMILES string of the molecule is COc1cccc(CN(C(=O)Cn2nc(C)c([N+](=O)[O-])c2C)C23CC4CC(CC(C4)C2)C3)c1. The van der Waals surface area contributed by atoms with Gasteiger partial charge in [0.15, 0.2) is 0 Å². The standard InChI is InChI=1S/C25H32N4O4/c1-16-24(29(31)32)17(2)28(26-16)15-23(30)27(14-18-5-4-6-22(10-18)33-3)25-11-19-7-20(12-25)9-21(8-19)13-25/h4-6,10,19-21H,7-9,11-15H2,1-3H3. The van der Waals surface area contributed by atoms with Gasteiger partial charge in [0.25, 0.3) is 0 Å². The largest absolute Gasteiger partial charge is 0.497 e. The average molecular weight is 453 g/mol. The average Bonchev–Trinajstić information content (AvgIpc) is 3.03. The highest BCUT2D eigenvalue weighted by Gasteiger charge is 2.54. The van der Waals surface area contributed by atoms with Gasteiger partial charge in [-0.15, -0.1) is 0 Å². The van der Waals surface area contributed by atoms with Crippen LogP contribution in [0.3, 0.4) is 0 Å². The summed E-state index contributed by atoms with van der Waals surface area (Å²) in [6.45, 7) is 3.83. The minimum Gasteiger partial charge on any atom is -0.497 e. The topological polar surface area (TPSA) is 90.5 Å². The van der Waals surface area contributed by atoms with Gasteiger partial charge in [0, 0.05) is 12.1 Å². The first-order chi connectivity index (χ1) is 15.8. The lowest BCUT2D eigenvalue weighted by atomic mass is 9.52. The van der Waals surface area contributed by atoms with E-state index in [2.05, 4.69) is 10.00 Å². The number of hydrogen-bond donors (Lipinski definition) is 0. The van der Waals surface area contributed by atoms with E-state index in [1.54, 1.807) is 21.0 Å². The third kappa shape index (κ3) is 3.89. The zero-order valence-corrected chi connectivity index (χ0v) is 19.6. The molecule has 8 heteroatoms. The third-order valence-electron chi connectivity index (χ3n) is 8.17. The number of aromatic nitrogens is 2. The van der Waals surface area contributed by atoms with Gasteiger partial charge in [-0.1, -0.05) is 12.1 Å². The second-order valence-corrected chi connectivity index (χ2v) is 10.4. The summed E-state index contributed by atoms with van der Waals surface area (Å²) >= 11 is 0. The van der Waals surface area contributed by atoms with Crippen molar-refractivity contribution in [3.8, 4) is 5.75 Å². The van der Waals surface area contributed by atoms with Gasteiger partial charge >= 0.3 is 5.69 Å². The first kappa shape index (κ1) is 21.9. The number of carbonyl (C=O) groups excluding carboxylic acids is 1. The monoisotopic (exact) mass is 452 g/mol. The number of aryl methyl sites for hydroxylation is 1. The molecule has 0 aliphatic heterocycles. The van der Waals surface area contributed by atoms with Crippen LogP contribution in [-0.4, -0.2) is 38.2 Å². The fraction of sp³-hybridized carbons (Fsp3) is 0.600. The molecule has 0 unspecified atom stereocenters. The number of ether oxygens (including phenoxy) is 1. The van der Waals surface area contributed by atoms with Gasteiger partial charge < -0.3 is 9.64 Å². The number of rotatable bonds is 7. The van der Waals surface area contributed by atoms with E-state index in [-0.39, 0.29) is 23.7 Å². The Morgan fingerprint density at radius 2 is 1.85 bits per heavy atom. The molecule has 1 amide bonds. The van der Waals surface area contributed by atoms with Gasteiger partial charge in [-0.25, -0.2) is 0 Å². The molecule has 1 aromatic heterocycles. The molecule has 0 saturated heterocycles. The predicted molar refractivity (Wildman–Crippen MR) is 123 cm³/mol. The van der Waals surface area contributed by atoms with E-state index in [1.165, 1.54) is 23.9 Å². The molecule has 4 aliphatic carbocycles. The van der Waals surface area contributed by atoms with E-state index < -0.39 is 4.92 Å². The Morgan fingerprint density at radius 3 is 2.39 bits per heavy atom. The summed E-state index contributed by atoms with van der Waals surface area (Å²) in [4.78, 5) is 27.0. The number of benzene rings is 1. The molecule has 0 spiro atoms. The second-order valence-electron chi connectivity index (χ2n) is 10.4. The van der Waals surface area contributed by atoms with Gasteiger partial charge in [0.1, 0.15) is 23.7 Å². The highest BCUT2D eigenvalue weighted by atomic mass is 16.6. The smallest absolute Gasteiger partial charge is 0.312 e. The molecule has 33 heavy (non-hydrogen) atoms. The normalized spacial score (nSPS) is 27.5. The Morgan fingerprint density at radius 1 is 1.21 bits per heavy atom. The van der Waals surface area contributed by atoms with Crippen molar-refractivity contribution < 1.29 is 14.5 Å². The molecule has 1 aromatic carbocycles. The second kappa shape index (κ2) is 8.15. The van der Waals surface area contributed by atoms with Crippen LogP contribution in [0.2, 0.25) is 0 Å². The highest BCUT2D eigenvalue weighted by molar-refractivity contribution is 5.77. The van der Waals surface area contributed by atoms with E-state index in [4.69, 9.17) is 4.74 Å². The molecule has 176 valence electrons. The Hall–Kier alpha value is -2.90. The maximum Gasteiger partial charge on any atom is 0.312 e. The van der Waals surface area contributed by atoms with Crippen LogP contribution in [-0.2, 0) is 17.9 Å². The summed E-state index contributed by atoms with van der Waals surface area (Å²) in [7, 11) is 1.65. The molecule has 4 bridgehead atoms. The number of nitrogens with zero attached hydrogens (tertiary/aromatic N) is 4. The molecule has 0 N–H and O–H groups in total. The summed E-state index contributed by atoms with van der Waals surface area (Å²) in [5.41, 5.74) is 1.68. The van der Waals surface area contributed by atoms with E-state index >= 15 is 0 Å². The molecule has 2 aromatic rings. The summed E-state index contributed by atoms with van der Waals surface area (Å²) < 4.78 is 6.92. The lowest BCUT2D eigenvalue weighted by Crippen LogP contribution is -2.61. The van der Waals surface area contributed by atoms with Crippen molar-refractivity contribution >= 4 is 11.6 Å². The molecule has 6 rings (SSSR count). The lowest BCUT2D eigenvalue weighted by Gasteiger charge is -2.60. The van der Waals surface area contributed by atoms with Crippen molar-refractivity contribution in [3.05, 3.63) is 51.3 Å². The highest BCUT2D eigenvalue weighted by Crippen LogP contribution is 2.58. The van der Waals surface area contributed by atoms with Crippen LogP contribution in [0.25, 0.3) is 0 Å². The Labute approximate surface area is 194 Å². The van der Waals surface area contributed by atoms with Crippen LogP contribution < -0.4 is 4.74 Å². The van der Waals surface area contributed by atoms with Crippen molar-refractivity contribution in [2.24, 2.45) is 17.8 Å². The Kier molecular flexibility index (Phi) is 5.41. The van der Waals surface area contributed by atoms with Crippen molar-refractivity contribution in [3.63, 3.8) is 0 Å². The Balaban J connectivity index is 1.48. The number of methoxy groups -OCH3 is 1. The fourth-order valence-corrected chi connectivity index (χ4v) is 7.19. The molecule has 0 radical (unpaired) electrons. The van der Waals surface area contributed by atoms with E-state index in [0.717, 1.165) is 30.6 Å². The third-order valence-corrected chi connectivity index (χ3v) is 8.17. The zero-order valence-electron chi connectivity index (χ0n) is 19.6. The summed E-state index contributed by atoms with van der Waals surface area (Å²) in [5.74, 6) is 2.87. The molecule has 4 saturated carbocycles. The lowest BCUT2D eigenvalue weighted by molar-refractivity contribution is -0.386. The molecular formula is C25H32N4O4. The van der Waals surface area contributed by atoms with E-state index in [1.807, 2.05) is 24.3 Å². The molecular weight excluding hydrogens is 420 g/mol. The van der Waals surface area contributed by atoms with E-state index in [0.29, 0.717) is 35.7 Å². The number of amides is 1. The van der Waals surface area contributed by atoms with E-state index in [9.17, 15) is 14.9 Å². The van der Waals surface area contributed by atoms with Crippen LogP contribution in [0.4, 0.5) is 5.69 Å². The van der Waals surface area contributed by atoms with Gasteiger partial charge in [-0.3, -0.25) is 19.6 Å². The van der Waals surface area contributed by atoms with Crippen molar-refractivity contribution in [2.45, 2.75) is 71.0 Å². The molecule has 4 fully saturated rings. The molecule has 4 aliphatic rings. The van der Waals surface area contributed by atoms with Gasteiger partial charge in [-0.2, -0.15) is 5.10 Å². The van der Waals surface area contributed by atoms with Crippen molar-refractivity contribution in [1.29, 1.82) is 0 Å². The molecule has 0 atom stereocenters. The first-order valence-electron chi connectivity index (χ1n) is 11.9. The number of nitro groups is 1. The van der Waals surface area contributed by atoms with Gasteiger partial charge in [-0.05, 0) is 87.8 Å². The van der Waals surface area contributed by atoms with Gasteiger partial charge in [0.05, 0.1) is 12.0 Å². The van der Waals surface area contributed by atoms with Crippen LogP contribution in [0.5, 0.6) is 5.75 Å². The zero-order chi connectivity index (χ0) is 23.3. The minimum atomic E-state index is -0.411. The molecule has 8 nitrogen and oxygen atoms in total. The summed E-state index contributed by atoms with van der Waals surface area (Å²) in [5, 5.41) is 15.8. The van der Waals surface area contributed by atoms with Crippen LogP contribution in [0.15, 0.2) is 24.3 Å². The fourth-order valence-electron chi connectivity index (χ4n) is 7.19. The predicted octanol–water partition coefficient (Wildman–Crippen LogP) is 4.41. The molecule has 1 heterocycles. The number of carbonyl (C=O) groups is 1. The van der Waals surface area contributed by atoms with Crippen molar-refractivity contribution in [1.82, 2.24) is 14.7 Å². The van der Waals surface area contributed by atoms with Gasteiger partial charge in [0.2, 0.25) is 5.91 Å².